The number of nitrogens with one attached hydrogen (secondary N) is 3. The second-order valence-electron chi connectivity index (χ2n) is 11.3. The van der Waals surface area contributed by atoms with Gasteiger partial charge in [-0.25, -0.2) is 9.97 Å². The standard InChI is InChI=1S/C29H40N6O/c1-6-35(7-2)17-16-30-21-10-8-19(9-11-21)25-33-24-22(13-15-31-26(24)34-25)27(36)32-23-18-20-12-14-29(23,5)28(20,3)4/h8-11,13,15,20,23,30H,6-7,12,14,16-18H2,1-5H3,(H,32,36)(H,31,33,34)/t20-,23+,29+/m1/s1. The Morgan fingerprint density at radius 3 is 2.53 bits per heavy atom. The number of pyridine rings is 1. The van der Waals surface area contributed by atoms with Crippen molar-refractivity contribution >= 4 is 22.8 Å². The molecule has 7 heteroatoms. The van der Waals surface area contributed by atoms with E-state index in [1.54, 1.807) is 12.3 Å². The lowest BCUT2D eigenvalue weighted by Crippen LogP contribution is -2.46. The van der Waals surface area contributed by atoms with Gasteiger partial charge in [-0.2, -0.15) is 0 Å². The molecule has 2 heterocycles. The molecule has 0 saturated heterocycles. The maximum atomic E-state index is 13.4. The quantitative estimate of drug-likeness (QED) is 0.379. The van der Waals surface area contributed by atoms with E-state index >= 15 is 0 Å². The first-order valence-corrected chi connectivity index (χ1v) is 13.5. The number of aromatic amines is 1. The number of rotatable bonds is 9. The van der Waals surface area contributed by atoms with E-state index < -0.39 is 0 Å². The third-order valence-electron chi connectivity index (χ3n) is 9.55. The van der Waals surface area contributed by atoms with E-state index in [9.17, 15) is 4.79 Å². The van der Waals surface area contributed by atoms with E-state index in [1.807, 2.05) is 0 Å². The molecule has 192 valence electrons. The van der Waals surface area contributed by atoms with Crippen molar-refractivity contribution in [3.8, 4) is 11.4 Å². The van der Waals surface area contributed by atoms with Gasteiger partial charge in [0.15, 0.2) is 5.65 Å². The van der Waals surface area contributed by atoms with Crippen LogP contribution in [0.3, 0.4) is 0 Å². The Bertz CT molecular complexity index is 1230. The molecule has 0 unspecified atom stereocenters. The van der Waals surface area contributed by atoms with E-state index in [-0.39, 0.29) is 22.8 Å². The number of likely N-dealkylation sites (N-methyl/N-ethyl adjacent to an activating group) is 1. The monoisotopic (exact) mass is 488 g/mol. The minimum absolute atomic E-state index is 0.0417. The fourth-order valence-electron chi connectivity index (χ4n) is 6.54. The van der Waals surface area contributed by atoms with Gasteiger partial charge in [0.2, 0.25) is 0 Å². The number of imidazole rings is 1. The summed E-state index contributed by atoms with van der Waals surface area (Å²) >= 11 is 0. The SMILES string of the molecule is CCN(CC)CCNc1ccc(-c2nc3nccc(C(=O)N[C@H]4C[C@H]5CC[C@]4(C)C5(C)C)c3[nH]2)cc1. The third kappa shape index (κ3) is 4.17. The zero-order valence-corrected chi connectivity index (χ0v) is 22.3. The molecule has 2 aliphatic carbocycles. The zero-order valence-electron chi connectivity index (χ0n) is 22.3. The van der Waals surface area contributed by atoms with Crippen LogP contribution in [0.5, 0.6) is 0 Å². The van der Waals surface area contributed by atoms with Crippen LogP contribution in [-0.2, 0) is 0 Å². The van der Waals surface area contributed by atoms with E-state index in [1.165, 1.54) is 12.8 Å². The number of hydrogen-bond donors (Lipinski definition) is 3. The number of carbonyl (C=O) groups is 1. The molecule has 0 spiro atoms. The number of carbonyl (C=O) groups excluding carboxylic acids is 1. The minimum Gasteiger partial charge on any atom is -0.384 e. The Morgan fingerprint density at radius 2 is 1.89 bits per heavy atom. The topological polar surface area (TPSA) is 85.9 Å². The summed E-state index contributed by atoms with van der Waals surface area (Å²) in [5.74, 6) is 1.36. The number of aromatic nitrogens is 3. The fourth-order valence-corrected chi connectivity index (χ4v) is 6.54. The maximum Gasteiger partial charge on any atom is 0.253 e. The second-order valence-corrected chi connectivity index (χ2v) is 11.3. The minimum atomic E-state index is -0.0417. The Balaban J connectivity index is 1.30. The molecule has 1 aromatic carbocycles. The molecule has 2 saturated carbocycles. The Morgan fingerprint density at radius 1 is 1.14 bits per heavy atom. The predicted octanol–water partition coefficient (Wildman–Crippen LogP) is 5.32. The molecule has 0 radical (unpaired) electrons. The van der Waals surface area contributed by atoms with Crippen molar-refractivity contribution in [1.29, 1.82) is 0 Å². The van der Waals surface area contributed by atoms with Crippen LogP contribution in [-0.4, -0.2) is 58.0 Å². The number of hydrogen-bond acceptors (Lipinski definition) is 5. The van der Waals surface area contributed by atoms with Crippen LogP contribution in [0, 0.1) is 16.7 Å². The van der Waals surface area contributed by atoms with Gasteiger partial charge in [0.25, 0.3) is 5.91 Å². The highest BCUT2D eigenvalue weighted by Crippen LogP contribution is 2.65. The van der Waals surface area contributed by atoms with Gasteiger partial charge in [-0.05, 0) is 79.4 Å². The molecule has 2 aliphatic rings. The molecule has 5 rings (SSSR count). The summed E-state index contributed by atoms with van der Waals surface area (Å²) in [5.41, 5.74) is 4.32. The average molecular weight is 489 g/mol. The van der Waals surface area contributed by atoms with E-state index in [0.29, 0.717) is 22.6 Å². The Labute approximate surface area is 214 Å². The predicted molar refractivity (Wildman–Crippen MR) is 146 cm³/mol. The van der Waals surface area contributed by atoms with Crippen molar-refractivity contribution < 1.29 is 4.79 Å². The number of fused-ring (bicyclic) bond motifs is 3. The van der Waals surface area contributed by atoms with Crippen molar-refractivity contribution in [2.75, 3.05) is 31.5 Å². The number of anilines is 1. The molecule has 7 nitrogen and oxygen atoms in total. The van der Waals surface area contributed by atoms with Crippen molar-refractivity contribution in [2.24, 2.45) is 16.7 Å². The Kier molecular flexibility index (Phi) is 6.54. The maximum absolute atomic E-state index is 13.4. The first-order chi connectivity index (χ1) is 17.3. The lowest BCUT2D eigenvalue weighted by Gasteiger charge is -2.39. The zero-order chi connectivity index (χ0) is 25.5. The summed E-state index contributed by atoms with van der Waals surface area (Å²) in [6.07, 6.45) is 5.18. The molecular weight excluding hydrogens is 448 g/mol. The van der Waals surface area contributed by atoms with Crippen LogP contribution in [0.15, 0.2) is 36.5 Å². The van der Waals surface area contributed by atoms with Gasteiger partial charge in [0.1, 0.15) is 5.82 Å². The van der Waals surface area contributed by atoms with Gasteiger partial charge in [-0.3, -0.25) is 4.79 Å². The summed E-state index contributed by atoms with van der Waals surface area (Å²) in [5, 5.41) is 6.87. The summed E-state index contributed by atoms with van der Waals surface area (Å²) in [7, 11) is 0. The summed E-state index contributed by atoms with van der Waals surface area (Å²) < 4.78 is 0. The van der Waals surface area contributed by atoms with Gasteiger partial charge in [0, 0.05) is 36.6 Å². The highest BCUT2D eigenvalue weighted by atomic mass is 16.1. The number of amides is 1. The van der Waals surface area contributed by atoms with Crippen molar-refractivity contribution in [3.63, 3.8) is 0 Å². The molecule has 2 aromatic heterocycles. The van der Waals surface area contributed by atoms with Crippen LogP contribution in [0.4, 0.5) is 5.69 Å². The molecule has 0 aliphatic heterocycles. The molecule has 2 bridgehead atoms. The molecule has 36 heavy (non-hydrogen) atoms. The summed E-state index contributed by atoms with van der Waals surface area (Å²) in [6.45, 7) is 15.5. The molecule has 3 atom stereocenters. The molecule has 3 N–H and O–H groups in total. The van der Waals surface area contributed by atoms with Crippen LogP contribution in [0.1, 0.15) is 64.2 Å². The van der Waals surface area contributed by atoms with Gasteiger partial charge >= 0.3 is 0 Å². The van der Waals surface area contributed by atoms with Crippen LogP contribution in [0.2, 0.25) is 0 Å². The number of H-pyrrole nitrogens is 1. The van der Waals surface area contributed by atoms with Gasteiger partial charge < -0.3 is 20.5 Å². The largest absolute Gasteiger partial charge is 0.384 e. The first-order valence-electron chi connectivity index (χ1n) is 13.5. The smallest absolute Gasteiger partial charge is 0.253 e. The van der Waals surface area contributed by atoms with Crippen LogP contribution in [0.25, 0.3) is 22.6 Å². The van der Waals surface area contributed by atoms with E-state index in [0.717, 1.165) is 49.7 Å². The van der Waals surface area contributed by atoms with Crippen molar-refractivity contribution in [2.45, 2.75) is 59.9 Å². The molecule has 3 aromatic rings. The highest BCUT2D eigenvalue weighted by Gasteiger charge is 2.61. The fraction of sp³-hybridized carbons (Fsp3) is 0.552. The van der Waals surface area contributed by atoms with Crippen LogP contribution >= 0.6 is 0 Å². The lowest BCUT2D eigenvalue weighted by molar-refractivity contribution is 0.0827. The van der Waals surface area contributed by atoms with Gasteiger partial charge in [0.05, 0.1) is 11.1 Å². The summed E-state index contributed by atoms with van der Waals surface area (Å²) in [6, 6.07) is 10.2. The normalized spacial score (nSPS) is 24.5. The van der Waals surface area contributed by atoms with E-state index in [4.69, 9.17) is 4.98 Å². The van der Waals surface area contributed by atoms with E-state index in [2.05, 4.69) is 84.4 Å². The molecule has 1 amide bonds. The number of nitrogens with zero attached hydrogens (tertiary/aromatic N) is 3. The second kappa shape index (κ2) is 9.51. The lowest BCUT2D eigenvalue weighted by atomic mass is 9.69. The Hall–Kier alpha value is -2.93. The van der Waals surface area contributed by atoms with Crippen LogP contribution < -0.4 is 10.6 Å². The van der Waals surface area contributed by atoms with Gasteiger partial charge in [-0.15, -0.1) is 0 Å². The summed E-state index contributed by atoms with van der Waals surface area (Å²) in [4.78, 5) is 28.3. The molecular formula is C29H40N6O. The number of benzene rings is 1. The van der Waals surface area contributed by atoms with Crippen molar-refractivity contribution in [1.82, 2.24) is 25.2 Å². The molecule has 2 fully saturated rings. The highest BCUT2D eigenvalue weighted by molar-refractivity contribution is 6.04. The average Bonchev–Trinajstić information content (AvgIpc) is 3.46. The van der Waals surface area contributed by atoms with Crippen molar-refractivity contribution in [3.05, 3.63) is 42.1 Å². The first kappa shape index (κ1) is 24.8. The third-order valence-corrected chi connectivity index (χ3v) is 9.55. The van der Waals surface area contributed by atoms with Gasteiger partial charge in [-0.1, -0.05) is 34.6 Å².